The van der Waals surface area contributed by atoms with Crippen molar-refractivity contribution in [3.63, 3.8) is 0 Å². The lowest BCUT2D eigenvalue weighted by Gasteiger charge is -2.39. The number of hydrogen-bond donors (Lipinski definition) is 0. The first-order chi connectivity index (χ1) is 8.31. The minimum atomic E-state index is 0.541. The maximum atomic E-state index is 4.34. The summed E-state index contributed by atoms with van der Waals surface area (Å²) in [6.45, 7) is 6.17. The van der Waals surface area contributed by atoms with E-state index in [1.165, 1.54) is 5.56 Å². The third-order valence-corrected chi connectivity index (χ3v) is 3.15. The van der Waals surface area contributed by atoms with Gasteiger partial charge in [0.1, 0.15) is 12.7 Å². The Labute approximate surface area is 99.9 Å². The Morgan fingerprint density at radius 1 is 1.29 bits per heavy atom. The topological polar surface area (TPSA) is 51.8 Å². The van der Waals surface area contributed by atoms with Crippen LogP contribution in [0.25, 0.3) is 0 Å². The van der Waals surface area contributed by atoms with E-state index >= 15 is 0 Å². The molecule has 3 rings (SSSR count). The number of nitrogens with zero attached hydrogens (tertiary/aromatic N) is 6. The van der Waals surface area contributed by atoms with Crippen LogP contribution in [-0.2, 0) is 6.54 Å². The summed E-state index contributed by atoms with van der Waals surface area (Å²) in [7, 11) is 0. The van der Waals surface area contributed by atoms with E-state index < -0.39 is 0 Å². The second-order valence-corrected chi connectivity index (χ2v) is 4.57. The molecule has 2 aromatic heterocycles. The lowest BCUT2D eigenvalue weighted by Crippen LogP contribution is -2.48. The van der Waals surface area contributed by atoms with Gasteiger partial charge in [0, 0.05) is 25.8 Å². The summed E-state index contributed by atoms with van der Waals surface area (Å²) in [5, 5.41) is 8.43. The number of hydrogen-bond acceptors (Lipinski definition) is 4. The van der Waals surface area contributed by atoms with Crippen LogP contribution in [0.15, 0.2) is 25.0 Å². The molecule has 2 aromatic rings. The first kappa shape index (κ1) is 10.5. The average molecular weight is 232 g/mol. The highest BCUT2D eigenvalue weighted by Crippen LogP contribution is 2.20. The molecule has 0 aromatic carbocycles. The normalized spacial score (nSPS) is 17.2. The largest absolute Gasteiger partial charge is 0.297 e. The molecule has 0 saturated carbocycles. The molecule has 0 atom stereocenters. The number of aromatic nitrogens is 5. The van der Waals surface area contributed by atoms with E-state index in [-0.39, 0.29) is 0 Å². The molecule has 1 aliphatic heterocycles. The summed E-state index contributed by atoms with van der Waals surface area (Å²) in [6.07, 6.45) is 7.36. The molecule has 0 N–H and O–H groups in total. The van der Waals surface area contributed by atoms with E-state index in [9.17, 15) is 0 Å². The summed E-state index contributed by atoms with van der Waals surface area (Å²) in [5.41, 5.74) is 1.23. The first-order valence-corrected chi connectivity index (χ1v) is 5.87. The van der Waals surface area contributed by atoms with Crippen molar-refractivity contribution >= 4 is 0 Å². The van der Waals surface area contributed by atoms with Crippen molar-refractivity contribution in [3.8, 4) is 0 Å². The predicted octanol–water partition coefficient (Wildman–Crippen LogP) is 0.340. The predicted molar refractivity (Wildman–Crippen MR) is 62.5 cm³/mol. The maximum Gasteiger partial charge on any atom is 0.137 e. The molecule has 6 heteroatoms. The SMILES string of the molecule is Cc1cnn(C2CN(CCn3cncn3)C2)c1. The van der Waals surface area contributed by atoms with Crippen LogP contribution < -0.4 is 0 Å². The van der Waals surface area contributed by atoms with Gasteiger partial charge in [-0.25, -0.2) is 4.98 Å². The van der Waals surface area contributed by atoms with E-state index in [1.807, 2.05) is 10.9 Å². The van der Waals surface area contributed by atoms with Gasteiger partial charge in [-0.2, -0.15) is 10.2 Å². The van der Waals surface area contributed by atoms with E-state index in [0.29, 0.717) is 6.04 Å². The molecule has 6 nitrogen and oxygen atoms in total. The molecule has 1 fully saturated rings. The Morgan fingerprint density at radius 2 is 2.18 bits per heavy atom. The highest BCUT2D eigenvalue weighted by Gasteiger charge is 2.28. The van der Waals surface area contributed by atoms with Crippen LogP contribution in [-0.4, -0.2) is 49.1 Å². The summed E-state index contributed by atoms with van der Waals surface area (Å²) in [4.78, 5) is 6.33. The average Bonchev–Trinajstić information content (AvgIpc) is 2.87. The van der Waals surface area contributed by atoms with E-state index in [4.69, 9.17) is 0 Å². The van der Waals surface area contributed by atoms with Crippen molar-refractivity contribution in [2.24, 2.45) is 0 Å². The third-order valence-electron chi connectivity index (χ3n) is 3.15. The van der Waals surface area contributed by atoms with Crippen LogP contribution in [0.2, 0.25) is 0 Å². The van der Waals surface area contributed by atoms with Gasteiger partial charge < -0.3 is 0 Å². The van der Waals surface area contributed by atoms with Gasteiger partial charge >= 0.3 is 0 Å². The standard InChI is InChI=1S/C11H16N6/c1-10-4-13-17(5-10)11-6-15(7-11)2-3-16-9-12-8-14-16/h4-5,8-9,11H,2-3,6-7H2,1H3. The lowest BCUT2D eigenvalue weighted by atomic mass is 10.1. The Morgan fingerprint density at radius 3 is 2.82 bits per heavy atom. The van der Waals surface area contributed by atoms with Gasteiger partial charge in [-0.1, -0.05) is 0 Å². The number of likely N-dealkylation sites (tertiary alicyclic amines) is 1. The zero-order valence-corrected chi connectivity index (χ0v) is 9.90. The quantitative estimate of drug-likeness (QED) is 0.763. The molecule has 0 aliphatic carbocycles. The highest BCUT2D eigenvalue weighted by molar-refractivity contribution is 5.02. The zero-order chi connectivity index (χ0) is 11.7. The summed E-state index contributed by atoms with van der Waals surface area (Å²) < 4.78 is 3.94. The molecule has 0 bridgehead atoms. The molecule has 0 radical (unpaired) electrons. The third kappa shape index (κ3) is 2.21. The Hall–Kier alpha value is -1.69. The van der Waals surface area contributed by atoms with Crippen molar-refractivity contribution in [2.45, 2.75) is 19.5 Å². The Kier molecular flexibility index (Phi) is 2.64. The van der Waals surface area contributed by atoms with Crippen molar-refractivity contribution in [3.05, 3.63) is 30.6 Å². The summed E-state index contributed by atoms with van der Waals surface area (Å²) in [5.74, 6) is 0. The fourth-order valence-electron chi connectivity index (χ4n) is 2.12. The van der Waals surface area contributed by atoms with Gasteiger partial charge in [-0.15, -0.1) is 0 Å². The van der Waals surface area contributed by atoms with Crippen molar-refractivity contribution in [1.82, 2.24) is 29.4 Å². The summed E-state index contributed by atoms with van der Waals surface area (Å²) in [6, 6.07) is 0.541. The number of rotatable bonds is 4. The molecule has 0 spiro atoms. The van der Waals surface area contributed by atoms with Crippen LogP contribution in [0.4, 0.5) is 0 Å². The second kappa shape index (κ2) is 4.29. The van der Waals surface area contributed by atoms with Crippen LogP contribution >= 0.6 is 0 Å². The Balaban J connectivity index is 1.45. The molecule has 17 heavy (non-hydrogen) atoms. The molecule has 1 aliphatic rings. The van der Waals surface area contributed by atoms with Crippen molar-refractivity contribution < 1.29 is 0 Å². The van der Waals surface area contributed by atoms with Crippen molar-refractivity contribution in [2.75, 3.05) is 19.6 Å². The van der Waals surface area contributed by atoms with Gasteiger partial charge in [-0.3, -0.25) is 14.3 Å². The zero-order valence-electron chi connectivity index (χ0n) is 9.90. The van der Waals surface area contributed by atoms with E-state index in [2.05, 4.69) is 37.9 Å². The van der Waals surface area contributed by atoms with Crippen LogP contribution in [0, 0.1) is 6.92 Å². The fourth-order valence-corrected chi connectivity index (χ4v) is 2.12. The van der Waals surface area contributed by atoms with Gasteiger partial charge in [0.05, 0.1) is 18.8 Å². The smallest absolute Gasteiger partial charge is 0.137 e. The van der Waals surface area contributed by atoms with Crippen molar-refractivity contribution in [1.29, 1.82) is 0 Å². The van der Waals surface area contributed by atoms with Crippen LogP contribution in [0.1, 0.15) is 11.6 Å². The highest BCUT2D eigenvalue weighted by atomic mass is 15.4. The molecule has 0 amide bonds. The molecule has 90 valence electrons. The Bertz CT molecular complexity index is 468. The molecule has 0 unspecified atom stereocenters. The molecule has 1 saturated heterocycles. The molecule has 3 heterocycles. The summed E-state index contributed by atoms with van der Waals surface area (Å²) >= 11 is 0. The van der Waals surface area contributed by atoms with Crippen LogP contribution in [0.5, 0.6) is 0 Å². The van der Waals surface area contributed by atoms with Gasteiger partial charge in [-0.05, 0) is 12.5 Å². The van der Waals surface area contributed by atoms with E-state index in [0.717, 1.165) is 26.2 Å². The van der Waals surface area contributed by atoms with Gasteiger partial charge in [0.15, 0.2) is 0 Å². The maximum absolute atomic E-state index is 4.34. The second-order valence-electron chi connectivity index (χ2n) is 4.57. The first-order valence-electron chi connectivity index (χ1n) is 5.87. The van der Waals surface area contributed by atoms with Gasteiger partial charge in [0.25, 0.3) is 0 Å². The van der Waals surface area contributed by atoms with Crippen LogP contribution in [0.3, 0.4) is 0 Å². The van der Waals surface area contributed by atoms with Gasteiger partial charge in [0.2, 0.25) is 0 Å². The minimum Gasteiger partial charge on any atom is -0.297 e. The number of aryl methyl sites for hydroxylation is 1. The minimum absolute atomic E-state index is 0.541. The monoisotopic (exact) mass is 232 g/mol. The fraction of sp³-hybridized carbons (Fsp3) is 0.545. The molecular weight excluding hydrogens is 216 g/mol. The molecular formula is C11H16N6. The van der Waals surface area contributed by atoms with E-state index in [1.54, 1.807) is 12.7 Å². The lowest BCUT2D eigenvalue weighted by molar-refractivity contribution is 0.0933.